The van der Waals surface area contributed by atoms with Crippen LogP contribution in [-0.2, 0) is 9.53 Å². The Kier molecular flexibility index (Phi) is 6.97. The van der Waals surface area contributed by atoms with Crippen LogP contribution in [-0.4, -0.2) is 47.9 Å². The maximum Gasteiger partial charge on any atom is 0.514 e. The summed E-state index contributed by atoms with van der Waals surface area (Å²) >= 11 is 0. The Morgan fingerprint density at radius 1 is 1.29 bits per heavy atom. The highest BCUT2D eigenvalue weighted by molar-refractivity contribution is 5.98. The first-order chi connectivity index (χ1) is 11.3. The molecular weight excluding hydrogens is 320 g/mol. The maximum atomic E-state index is 12.2. The molecule has 0 fully saturated rings. The molecule has 1 rings (SSSR count). The molecule has 1 heterocycles. The minimum absolute atomic E-state index is 0.0830. The zero-order valence-electron chi connectivity index (χ0n) is 13.9. The number of ether oxygens (including phenoxy) is 3. The van der Waals surface area contributed by atoms with Crippen LogP contribution in [0.2, 0.25) is 0 Å². The fourth-order valence-corrected chi connectivity index (χ4v) is 1.53. The van der Waals surface area contributed by atoms with Crippen molar-refractivity contribution in [3.63, 3.8) is 0 Å². The molecule has 9 heteroatoms. The molecule has 1 atom stereocenters. The second kappa shape index (κ2) is 8.70. The lowest BCUT2D eigenvalue weighted by Gasteiger charge is -2.14. The molecule has 0 saturated heterocycles. The van der Waals surface area contributed by atoms with Crippen LogP contribution in [0.1, 0.15) is 31.3 Å². The number of hydrogen-bond donors (Lipinski definition) is 2. The molecule has 0 aliphatic rings. The molecular formula is C15H20N2O7. The summed E-state index contributed by atoms with van der Waals surface area (Å²) in [6, 6.07) is 0.244. The lowest BCUT2D eigenvalue weighted by molar-refractivity contribution is -0.138. The van der Waals surface area contributed by atoms with Gasteiger partial charge in [-0.2, -0.15) is 0 Å². The van der Waals surface area contributed by atoms with Crippen molar-refractivity contribution >= 4 is 18.0 Å². The molecule has 1 aromatic rings. The molecule has 0 spiro atoms. The van der Waals surface area contributed by atoms with Crippen LogP contribution in [0.3, 0.4) is 0 Å². The van der Waals surface area contributed by atoms with Gasteiger partial charge < -0.3 is 24.6 Å². The number of aromatic nitrogens is 1. The molecule has 1 unspecified atom stereocenters. The minimum atomic E-state index is -1.22. The summed E-state index contributed by atoms with van der Waals surface area (Å²) in [7, 11) is 1.32. The van der Waals surface area contributed by atoms with Gasteiger partial charge in [0.2, 0.25) is 5.75 Å². The smallest absolute Gasteiger partial charge is 0.493 e. The summed E-state index contributed by atoms with van der Waals surface area (Å²) in [6.45, 7) is 5.13. The molecule has 1 amide bonds. The van der Waals surface area contributed by atoms with Gasteiger partial charge in [0.25, 0.3) is 5.91 Å². The van der Waals surface area contributed by atoms with Crippen LogP contribution in [0, 0.1) is 5.92 Å². The summed E-state index contributed by atoms with van der Waals surface area (Å²) < 4.78 is 15.0. The topological polar surface area (TPSA) is 124 Å². The highest BCUT2D eigenvalue weighted by Gasteiger charge is 2.24. The van der Waals surface area contributed by atoms with Gasteiger partial charge in [0.15, 0.2) is 11.4 Å². The van der Waals surface area contributed by atoms with Crippen LogP contribution < -0.4 is 14.8 Å². The van der Waals surface area contributed by atoms with E-state index in [-0.39, 0.29) is 29.7 Å². The van der Waals surface area contributed by atoms with E-state index in [2.05, 4.69) is 10.3 Å². The minimum Gasteiger partial charge on any atom is -0.493 e. The number of amides is 1. The van der Waals surface area contributed by atoms with Crippen molar-refractivity contribution < 1.29 is 33.7 Å². The van der Waals surface area contributed by atoms with E-state index in [4.69, 9.17) is 19.3 Å². The van der Waals surface area contributed by atoms with Crippen LogP contribution in [0.5, 0.6) is 11.5 Å². The Bertz CT molecular complexity index is 616. The third-order valence-electron chi connectivity index (χ3n) is 2.74. The summed E-state index contributed by atoms with van der Waals surface area (Å²) in [6.07, 6.45) is 0.251. The van der Waals surface area contributed by atoms with Gasteiger partial charge in [-0.3, -0.25) is 9.59 Å². The number of aliphatic carboxylic acids is 1. The summed E-state index contributed by atoms with van der Waals surface area (Å²) in [5.41, 5.74) is -0.288. The average Bonchev–Trinajstić information content (AvgIpc) is 2.52. The third-order valence-corrected chi connectivity index (χ3v) is 2.74. The summed E-state index contributed by atoms with van der Waals surface area (Å²) in [4.78, 5) is 38.6. The first kappa shape index (κ1) is 19.2. The Morgan fingerprint density at radius 2 is 1.96 bits per heavy atom. The molecule has 2 N–H and O–H groups in total. The average molecular weight is 340 g/mol. The molecule has 0 bridgehead atoms. The van der Waals surface area contributed by atoms with Gasteiger partial charge in [-0.05, 0) is 12.8 Å². The number of rotatable bonds is 7. The Hall–Kier alpha value is -2.84. The van der Waals surface area contributed by atoms with Crippen molar-refractivity contribution in [2.45, 2.75) is 26.8 Å². The van der Waals surface area contributed by atoms with Crippen molar-refractivity contribution in [2.75, 3.05) is 13.7 Å². The predicted octanol–water partition coefficient (Wildman–Crippen LogP) is 1.46. The first-order valence-electron chi connectivity index (χ1n) is 7.17. The Morgan fingerprint density at radius 3 is 2.50 bits per heavy atom. The fourth-order valence-electron chi connectivity index (χ4n) is 1.53. The highest BCUT2D eigenvalue weighted by atomic mass is 16.7. The van der Waals surface area contributed by atoms with Gasteiger partial charge in [0.1, 0.15) is 6.04 Å². The number of carbonyl (C=O) groups excluding carboxylic acids is 2. The Balaban J connectivity index is 3.02. The van der Waals surface area contributed by atoms with E-state index < -0.39 is 24.1 Å². The monoisotopic (exact) mass is 340 g/mol. The van der Waals surface area contributed by atoms with E-state index in [9.17, 15) is 14.4 Å². The normalized spacial score (nSPS) is 11.5. The zero-order valence-corrected chi connectivity index (χ0v) is 13.9. The SMILES string of the molecule is COc1ccnc(C(=O)NC(C)C(=O)O)c1OC(=O)OCC(C)C. The standard InChI is InChI=1S/C15H20N2O7/c1-8(2)7-23-15(21)24-12-10(22-4)5-6-16-11(12)13(18)17-9(3)14(19)20/h5-6,8-9H,7H2,1-4H3,(H,17,18)(H,19,20). The second-order valence-electron chi connectivity index (χ2n) is 5.28. The van der Waals surface area contributed by atoms with Gasteiger partial charge in [-0.25, -0.2) is 9.78 Å². The number of methoxy groups -OCH3 is 1. The van der Waals surface area contributed by atoms with Gasteiger partial charge in [-0.1, -0.05) is 13.8 Å². The summed E-state index contributed by atoms with van der Waals surface area (Å²) in [5.74, 6) is -2.10. The molecule has 24 heavy (non-hydrogen) atoms. The van der Waals surface area contributed by atoms with Crippen molar-refractivity contribution in [1.29, 1.82) is 0 Å². The number of carbonyl (C=O) groups is 3. The summed E-state index contributed by atoms with van der Waals surface area (Å²) in [5, 5.41) is 11.1. The molecule has 9 nitrogen and oxygen atoms in total. The van der Waals surface area contributed by atoms with E-state index in [1.165, 1.54) is 26.3 Å². The van der Waals surface area contributed by atoms with Crippen LogP contribution >= 0.6 is 0 Å². The lowest BCUT2D eigenvalue weighted by atomic mass is 10.2. The lowest BCUT2D eigenvalue weighted by Crippen LogP contribution is -2.39. The van der Waals surface area contributed by atoms with Crippen LogP contribution in [0.25, 0.3) is 0 Å². The van der Waals surface area contributed by atoms with E-state index in [0.717, 1.165) is 0 Å². The van der Waals surface area contributed by atoms with E-state index in [0.29, 0.717) is 0 Å². The molecule has 0 aromatic carbocycles. The van der Waals surface area contributed by atoms with Gasteiger partial charge in [0, 0.05) is 12.3 Å². The van der Waals surface area contributed by atoms with E-state index in [1.807, 2.05) is 13.8 Å². The van der Waals surface area contributed by atoms with Crippen molar-refractivity contribution in [3.8, 4) is 11.5 Å². The Labute approximate surface area is 138 Å². The fraction of sp³-hybridized carbons (Fsp3) is 0.467. The van der Waals surface area contributed by atoms with E-state index in [1.54, 1.807) is 0 Å². The van der Waals surface area contributed by atoms with Crippen LogP contribution in [0.4, 0.5) is 4.79 Å². The third kappa shape index (κ3) is 5.41. The molecule has 1 aromatic heterocycles. The predicted molar refractivity (Wildman–Crippen MR) is 82.2 cm³/mol. The second-order valence-corrected chi connectivity index (χ2v) is 5.28. The van der Waals surface area contributed by atoms with Gasteiger partial charge >= 0.3 is 12.1 Å². The van der Waals surface area contributed by atoms with Gasteiger partial charge in [-0.15, -0.1) is 0 Å². The molecule has 0 aliphatic carbocycles. The van der Waals surface area contributed by atoms with E-state index >= 15 is 0 Å². The van der Waals surface area contributed by atoms with Gasteiger partial charge in [0.05, 0.1) is 13.7 Å². The largest absolute Gasteiger partial charge is 0.514 e. The zero-order chi connectivity index (χ0) is 18.3. The number of pyridine rings is 1. The number of nitrogens with one attached hydrogen (secondary N) is 1. The van der Waals surface area contributed by atoms with Crippen LogP contribution in [0.15, 0.2) is 12.3 Å². The quantitative estimate of drug-likeness (QED) is 0.715. The maximum absolute atomic E-state index is 12.2. The van der Waals surface area contributed by atoms with Crippen molar-refractivity contribution in [2.24, 2.45) is 5.92 Å². The number of carboxylic acid groups (broad SMARTS) is 1. The van der Waals surface area contributed by atoms with Crippen molar-refractivity contribution in [1.82, 2.24) is 10.3 Å². The number of hydrogen-bond acceptors (Lipinski definition) is 7. The number of carboxylic acids is 1. The first-order valence-corrected chi connectivity index (χ1v) is 7.17. The van der Waals surface area contributed by atoms with Crippen molar-refractivity contribution in [3.05, 3.63) is 18.0 Å². The highest BCUT2D eigenvalue weighted by Crippen LogP contribution is 2.30. The molecule has 0 radical (unpaired) electrons. The number of nitrogens with zero attached hydrogens (tertiary/aromatic N) is 1. The molecule has 0 saturated carbocycles. The molecule has 132 valence electrons. The molecule has 0 aliphatic heterocycles.